The fourth-order valence-electron chi connectivity index (χ4n) is 2.70. The Kier molecular flexibility index (Phi) is 6.36. The van der Waals surface area contributed by atoms with E-state index >= 15 is 0 Å². The molecule has 1 fully saturated rings. The molecule has 0 radical (unpaired) electrons. The van der Waals surface area contributed by atoms with Crippen molar-refractivity contribution in [2.45, 2.75) is 38.6 Å². The highest BCUT2D eigenvalue weighted by atomic mass is 35.5. The fraction of sp³-hybridized carbons (Fsp3) is 0.588. The summed E-state index contributed by atoms with van der Waals surface area (Å²) >= 11 is 5.74. The molecule has 0 bridgehead atoms. The summed E-state index contributed by atoms with van der Waals surface area (Å²) in [6, 6.07) is 4.98. The Bertz CT molecular complexity index is 515. The smallest absolute Gasteiger partial charge is 0.144 e. The third-order valence-corrected chi connectivity index (χ3v) is 4.40. The topological polar surface area (TPSA) is 38.3 Å². The van der Waals surface area contributed by atoms with Crippen LogP contribution < -0.4 is 5.32 Å². The van der Waals surface area contributed by atoms with Crippen molar-refractivity contribution in [1.29, 1.82) is 0 Å². The van der Waals surface area contributed by atoms with Crippen LogP contribution in [0.5, 0.6) is 0 Å². The summed E-state index contributed by atoms with van der Waals surface area (Å²) in [5.74, 6) is -0.817. The first kappa shape index (κ1) is 17.4. The van der Waals surface area contributed by atoms with E-state index < -0.39 is 5.82 Å². The van der Waals surface area contributed by atoms with Crippen molar-refractivity contribution in [3.05, 3.63) is 34.6 Å². The highest BCUT2D eigenvalue weighted by molar-refractivity contribution is 6.30. The van der Waals surface area contributed by atoms with Crippen LogP contribution in [0.4, 0.5) is 4.39 Å². The molecule has 0 aromatic heterocycles. The molecule has 0 saturated carbocycles. The van der Waals surface area contributed by atoms with Crippen LogP contribution in [-0.2, 0) is 9.53 Å². The van der Waals surface area contributed by atoms with Crippen molar-refractivity contribution in [2.24, 2.45) is 5.92 Å². The summed E-state index contributed by atoms with van der Waals surface area (Å²) in [7, 11) is 0. The van der Waals surface area contributed by atoms with E-state index in [2.05, 4.69) is 5.32 Å². The largest absolute Gasteiger partial charge is 0.381 e. The van der Waals surface area contributed by atoms with Gasteiger partial charge in [0.2, 0.25) is 0 Å². The second-order valence-corrected chi connectivity index (χ2v) is 6.49. The lowest BCUT2D eigenvalue weighted by Gasteiger charge is -2.26. The molecular formula is C17H23ClFNO2. The van der Waals surface area contributed by atoms with Gasteiger partial charge in [-0.25, -0.2) is 4.39 Å². The van der Waals surface area contributed by atoms with E-state index in [-0.39, 0.29) is 22.6 Å². The van der Waals surface area contributed by atoms with E-state index in [1.54, 1.807) is 6.07 Å². The molecule has 1 aliphatic heterocycles. The Morgan fingerprint density at radius 3 is 2.68 bits per heavy atom. The lowest BCUT2D eigenvalue weighted by atomic mass is 9.88. The molecule has 3 nitrogen and oxygen atoms in total. The van der Waals surface area contributed by atoms with Crippen molar-refractivity contribution in [3.63, 3.8) is 0 Å². The van der Waals surface area contributed by atoms with Crippen LogP contribution in [0, 0.1) is 11.7 Å². The van der Waals surface area contributed by atoms with Gasteiger partial charge in [0, 0.05) is 31.7 Å². The van der Waals surface area contributed by atoms with Crippen LogP contribution in [-0.4, -0.2) is 31.6 Å². The van der Waals surface area contributed by atoms with E-state index in [9.17, 15) is 9.18 Å². The highest BCUT2D eigenvalue weighted by Gasteiger charge is 2.25. The van der Waals surface area contributed by atoms with Gasteiger partial charge in [0.1, 0.15) is 11.6 Å². The summed E-state index contributed by atoms with van der Waals surface area (Å²) in [5.41, 5.74) is 0.681. The molecule has 22 heavy (non-hydrogen) atoms. The van der Waals surface area contributed by atoms with Gasteiger partial charge in [0.05, 0.1) is 10.9 Å². The zero-order valence-electron chi connectivity index (χ0n) is 13.1. The molecule has 0 unspecified atom stereocenters. The zero-order valence-corrected chi connectivity index (χ0v) is 13.8. The summed E-state index contributed by atoms with van der Waals surface area (Å²) in [6.07, 6.45) is 1.88. The quantitative estimate of drug-likeness (QED) is 0.868. The minimum absolute atomic E-state index is 0.0804. The number of carbonyl (C=O) groups excluding carboxylic acids is 1. The molecule has 0 spiro atoms. The maximum Gasteiger partial charge on any atom is 0.144 e. The second kappa shape index (κ2) is 8.04. The summed E-state index contributed by atoms with van der Waals surface area (Å²) in [6.45, 7) is 5.75. The molecule has 1 aromatic rings. The Morgan fingerprint density at radius 1 is 1.41 bits per heavy atom. The lowest BCUT2D eigenvalue weighted by molar-refractivity contribution is -0.123. The molecule has 0 amide bonds. The van der Waals surface area contributed by atoms with Crippen LogP contribution in [0.15, 0.2) is 18.2 Å². The zero-order chi connectivity index (χ0) is 16.1. The first-order valence-electron chi connectivity index (χ1n) is 7.79. The molecular weight excluding hydrogens is 305 g/mol. The molecule has 122 valence electrons. The van der Waals surface area contributed by atoms with Gasteiger partial charge in [-0.05, 0) is 30.5 Å². The third-order valence-electron chi connectivity index (χ3n) is 4.09. The third kappa shape index (κ3) is 4.51. The predicted molar refractivity (Wildman–Crippen MR) is 85.8 cm³/mol. The number of Topliss-reactive ketones (excluding diaryl/α,β-unsaturated/α-hetero) is 1. The van der Waals surface area contributed by atoms with Crippen molar-refractivity contribution < 1.29 is 13.9 Å². The Morgan fingerprint density at radius 2 is 2.09 bits per heavy atom. The number of halogens is 2. The summed E-state index contributed by atoms with van der Waals surface area (Å²) in [5, 5.41) is 3.51. The minimum Gasteiger partial charge on any atom is -0.381 e. The van der Waals surface area contributed by atoms with Crippen molar-refractivity contribution in [3.8, 4) is 0 Å². The van der Waals surface area contributed by atoms with Crippen molar-refractivity contribution in [1.82, 2.24) is 5.32 Å². The number of hydrogen-bond acceptors (Lipinski definition) is 3. The number of rotatable bonds is 6. The van der Waals surface area contributed by atoms with Gasteiger partial charge in [-0.2, -0.15) is 0 Å². The van der Waals surface area contributed by atoms with Gasteiger partial charge >= 0.3 is 0 Å². The predicted octanol–water partition coefficient (Wildman–Crippen LogP) is 3.56. The normalized spacial score (nSPS) is 17.7. The molecule has 1 aliphatic rings. The maximum absolute atomic E-state index is 13.7. The highest BCUT2D eigenvalue weighted by Crippen LogP contribution is 2.25. The van der Waals surface area contributed by atoms with E-state index in [0.717, 1.165) is 26.1 Å². The van der Waals surface area contributed by atoms with Gasteiger partial charge in [-0.1, -0.05) is 31.5 Å². The molecule has 1 N–H and O–H groups in total. The van der Waals surface area contributed by atoms with E-state index in [4.69, 9.17) is 16.3 Å². The summed E-state index contributed by atoms with van der Waals surface area (Å²) < 4.78 is 19.1. The maximum atomic E-state index is 13.7. The van der Waals surface area contributed by atoms with E-state index in [0.29, 0.717) is 18.2 Å². The Balaban J connectivity index is 2.11. The number of nitrogens with one attached hydrogen (secondary N) is 1. The lowest BCUT2D eigenvalue weighted by Crippen LogP contribution is -2.39. The van der Waals surface area contributed by atoms with Crippen LogP contribution in [0.25, 0.3) is 0 Å². The van der Waals surface area contributed by atoms with Gasteiger partial charge in [-0.15, -0.1) is 0 Å². The Hall–Kier alpha value is -0.970. The van der Waals surface area contributed by atoms with Crippen LogP contribution in [0.1, 0.15) is 38.2 Å². The summed E-state index contributed by atoms with van der Waals surface area (Å²) in [4.78, 5) is 12.5. The van der Waals surface area contributed by atoms with Crippen molar-refractivity contribution in [2.75, 3.05) is 19.8 Å². The van der Waals surface area contributed by atoms with Gasteiger partial charge in [0.25, 0.3) is 0 Å². The number of hydrogen-bond donors (Lipinski definition) is 1. The SMILES string of the molecule is CC(C)C(=O)[C@H](CNC1CCOCC1)c1ccc(Cl)c(F)c1. The average Bonchev–Trinajstić information content (AvgIpc) is 2.51. The average molecular weight is 328 g/mol. The number of benzene rings is 1. The molecule has 0 aliphatic carbocycles. The van der Waals surface area contributed by atoms with Crippen LogP contribution in [0.3, 0.4) is 0 Å². The molecule has 5 heteroatoms. The van der Waals surface area contributed by atoms with Crippen molar-refractivity contribution >= 4 is 17.4 Å². The van der Waals surface area contributed by atoms with Crippen LogP contribution >= 0.6 is 11.6 Å². The number of carbonyl (C=O) groups is 1. The van der Waals surface area contributed by atoms with Gasteiger partial charge in [0.15, 0.2) is 0 Å². The minimum atomic E-state index is -0.480. The first-order valence-corrected chi connectivity index (χ1v) is 8.16. The molecule has 1 heterocycles. The van der Waals surface area contributed by atoms with Gasteiger partial charge < -0.3 is 10.1 Å². The van der Waals surface area contributed by atoms with Crippen LogP contribution in [0.2, 0.25) is 5.02 Å². The molecule has 1 aromatic carbocycles. The molecule has 2 rings (SSSR count). The van der Waals surface area contributed by atoms with E-state index in [1.807, 2.05) is 13.8 Å². The monoisotopic (exact) mass is 327 g/mol. The standard InChI is InChI=1S/C17H23ClFNO2/c1-11(2)17(21)14(10-20-13-5-7-22-8-6-13)12-3-4-15(18)16(19)9-12/h3-4,9,11,13-14,20H,5-8,10H2,1-2H3/t14-/m1/s1. The molecule has 1 atom stereocenters. The van der Waals surface area contributed by atoms with E-state index in [1.165, 1.54) is 12.1 Å². The number of ether oxygens (including phenoxy) is 1. The second-order valence-electron chi connectivity index (χ2n) is 6.08. The first-order chi connectivity index (χ1) is 10.5. The molecule has 1 saturated heterocycles. The fourth-order valence-corrected chi connectivity index (χ4v) is 2.82. The van der Waals surface area contributed by atoms with Gasteiger partial charge in [-0.3, -0.25) is 4.79 Å². The number of ketones is 1. The Labute approximate surface area is 136 Å².